The summed E-state index contributed by atoms with van der Waals surface area (Å²) in [6, 6.07) is 18.6. The number of ether oxygens (including phenoxy) is 1. The number of rotatable bonds is 6. The van der Waals surface area contributed by atoms with Crippen LogP contribution in [-0.4, -0.2) is 16.6 Å². The van der Waals surface area contributed by atoms with Gasteiger partial charge < -0.3 is 10.1 Å². The number of hydrogen-bond acceptors (Lipinski definition) is 5. The lowest BCUT2D eigenvalue weighted by Crippen LogP contribution is -2.03. The number of aryl methyl sites for hydroxylation is 2. The molecule has 4 rings (SSSR count). The average molecular weight is 390 g/mol. The Morgan fingerprint density at radius 3 is 2.43 bits per heavy atom. The molecule has 4 aromatic rings. The SMILES string of the molecule is CCOc1ccc(-c2c(C)sc3nc(C)nc(NCc4ccccc4)c23)cc1. The Bertz CT molecular complexity index is 1090. The van der Waals surface area contributed by atoms with E-state index in [-0.39, 0.29) is 0 Å². The first-order valence-corrected chi connectivity index (χ1v) is 10.3. The third-order valence-corrected chi connectivity index (χ3v) is 5.60. The van der Waals surface area contributed by atoms with Crippen LogP contribution < -0.4 is 10.1 Å². The molecule has 5 heteroatoms. The molecule has 28 heavy (non-hydrogen) atoms. The highest BCUT2D eigenvalue weighted by atomic mass is 32.1. The molecule has 1 N–H and O–H groups in total. The standard InChI is InChI=1S/C23H23N3OS/c1-4-27-19-12-10-18(11-13-19)20-15(2)28-23-21(20)22(25-16(3)26-23)24-14-17-8-6-5-7-9-17/h5-13H,4,14H2,1-3H3,(H,24,25,26). The fourth-order valence-corrected chi connectivity index (χ4v) is 4.45. The third kappa shape index (κ3) is 3.71. The molecule has 0 aliphatic carbocycles. The van der Waals surface area contributed by atoms with Crippen LogP contribution in [0.15, 0.2) is 54.6 Å². The van der Waals surface area contributed by atoms with Gasteiger partial charge in [0.25, 0.3) is 0 Å². The number of fused-ring (bicyclic) bond motifs is 1. The lowest BCUT2D eigenvalue weighted by Gasteiger charge is -2.11. The molecule has 0 aliphatic heterocycles. The molecule has 2 aromatic carbocycles. The largest absolute Gasteiger partial charge is 0.494 e. The van der Waals surface area contributed by atoms with Crippen molar-refractivity contribution < 1.29 is 4.74 Å². The van der Waals surface area contributed by atoms with E-state index in [1.165, 1.54) is 16.0 Å². The normalized spacial score (nSPS) is 11.0. The van der Waals surface area contributed by atoms with Gasteiger partial charge in [0.1, 0.15) is 22.2 Å². The number of benzene rings is 2. The van der Waals surface area contributed by atoms with Crippen LogP contribution in [0.25, 0.3) is 21.3 Å². The molecule has 0 radical (unpaired) electrons. The predicted octanol–water partition coefficient (Wildman–Crippen LogP) is 5.99. The summed E-state index contributed by atoms with van der Waals surface area (Å²) in [4.78, 5) is 11.7. The first-order chi connectivity index (χ1) is 13.7. The van der Waals surface area contributed by atoms with E-state index in [0.29, 0.717) is 6.61 Å². The molecule has 0 amide bonds. The predicted molar refractivity (Wildman–Crippen MR) is 117 cm³/mol. The maximum Gasteiger partial charge on any atom is 0.139 e. The molecule has 0 fully saturated rings. The molecule has 2 aromatic heterocycles. The number of anilines is 1. The molecule has 0 bridgehead atoms. The molecule has 0 atom stereocenters. The van der Waals surface area contributed by atoms with E-state index in [4.69, 9.17) is 9.72 Å². The van der Waals surface area contributed by atoms with Gasteiger partial charge in [-0.1, -0.05) is 42.5 Å². The zero-order valence-corrected chi connectivity index (χ0v) is 17.1. The van der Waals surface area contributed by atoms with E-state index in [1.54, 1.807) is 11.3 Å². The summed E-state index contributed by atoms with van der Waals surface area (Å²) in [6.07, 6.45) is 0. The molecule has 4 nitrogen and oxygen atoms in total. The quantitative estimate of drug-likeness (QED) is 0.440. The molecule has 0 spiro atoms. The maximum absolute atomic E-state index is 5.59. The summed E-state index contributed by atoms with van der Waals surface area (Å²) in [7, 11) is 0. The van der Waals surface area contributed by atoms with Crippen molar-refractivity contribution in [1.82, 2.24) is 9.97 Å². The smallest absolute Gasteiger partial charge is 0.139 e. The van der Waals surface area contributed by atoms with Gasteiger partial charge >= 0.3 is 0 Å². The Morgan fingerprint density at radius 2 is 1.71 bits per heavy atom. The van der Waals surface area contributed by atoms with Gasteiger partial charge in [0.15, 0.2) is 0 Å². The van der Waals surface area contributed by atoms with Crippen LogP contribution in [0, 0.1) is 13.8 Å². The number of aromatic nitrogens is 2. The Hall–Kier alpha value is -2.92. The van der Waals surface area contributed by atoms with Gasteiger partial charge in [0.2, 0.25) is 0 Å². The van der Waals surface area contributed by atoms with Crippen molar-refractivity contribution in [2.24, 2.45) is 0 Å². The summed E-state index contributed by atoms with van der Waals surface area (Å²) in [5.41, 5.74) is 3.57. The van der Waals surface area contributed by atoms with Gasteiger partial charge in [-0.15, -0.1) is 11.3 Å². The Balaban J connectivity index is 1.77. The molecule has 142 valence electrons. The van der Waals surface area contributed by atoms with E-state index in [1.807, 2.05) is 32.0 Å². The Morgan fingerprint density at radius 1 is 0.964 bits per heavy atom. The minimum absolute atomic E-state index is 0.667. The minimum atomic E-state index is 0.667. The Kier molecular flexibility index (Phi) is 5.26. The molecule has 0 unspecified atom stereocenters. The zero-order chi connectivity index (χ0) is 19.5. The van der Waals surface area contributed by atoms with Crippen LogP contribution in [-0.2, 0) is 6.54 Å². The molecule has 0 saturated heterocycles. The fourth-order valence-electron chi connectivity index (χ4n) is 3.36. The van der Waals surface area contributed by atoms with Crippen LogP contribution >= 0.6 is 11.3 Å². The first kappa shape index (κ1) is 18.4. The molecular formula is C23H23N3OS. The fraction of sp³-hybridized carbons (Fsp3) is 0.217. The molecule has 0 aliphatic rings. The summed E-state index contributed by atoms with van der Waals surface area (Å²) >= 11 is 1.72. The lowest BCUT2D eigenvalue weighted by atomic mass is 10.0. The van der Waals surface area contributed by atoms with Gasteiger partial charge in [0, 0.05) is 17.0 Å². The van der Waals surface area contributed by atoms with E-state index in [9.17, 15) is 0 Å². The van der Waals surface area contributed by atoms with Gasteiger partial charge in [-0.3, -0.25) is 0 Å². The topological polar surface area (TPSA) is 47.0 Å². The second kappa shape index (κ2) is 7.98. The summed E-state index contributed by atoms with van der Waals surface area (Å²) in [5, 5.41) is 4.62. The van der Waals surface area contributed by atoms with E-state index >= 15 is 0 Å². The van der Waals surface area contributed by atoms with Crippen LogP contribution in [0.3, 0.4) is 0 Å². The van der Waals surface area contributed by atoms with E-state index < -0.39 is 0 Å². The van der Waals surface area contributed by atoms with Gasteiger partial charge in [0.05, 0.1) is 12.0 Å². The van der Waals surface area contributed by atoms with Crippen molar-refractivity contribution in [1.29, 1.82) is 0 Å². The highest BCUT2D eigenvalue weighted by molar-refractivity contribution is 7.19. The number of thiophene rings is 1. The number of nitrogens with one attached hydrogen (secondary N) is 1. The van der Waals surface area contributed by atoms with Crippen molar-refractivity contribution in [3.8, 4) is 16.9 Å². The second-order valence-corrected chi connectivity index (χ2v) is 7.83. The highest BCUT2D eigenvalue weighted by Gasteiger charge is 2.17. The first-order valence-electron chi connectivity index (χ1n) is 9.44. The molecular weight excluding hydrogens is 366 g/mol. The molecule has 0 saturated carbocycles. The van der Waals surface area contributed by atoms with Crippen molar-refractivity contribution in [3.63, 3.8) is 0 Å². The lowest BCUT2D eigenvalue weighted by molar-refractivity contribution is 0.340. The van der Waals surface area contributed by atoms with Crippen LogP contribution in [0.2, 0.25) is 0 Å². The van der Waals surface area contributed by atoms with Crippen molar-refractivity contribution in [2.45, 2.75) is 27.3 Å². The monoisotopic (exact) mass is 389 g/mol. The second-order valence-electron chi connectivity index (χ2n) is 6.63. The summed E-state index contributed by atoms with van der Waals surface area (Å²) in [5.74, 6) is 2.56. The number of hydrogen-bond donors (Lipinski definition) is 1. The molecule has 2 heterocycles. The highest BCUT2D eigenvalue weighted by Crippen LogP contribution is 2.41. The van der Waals surface area contributed by atoms with Crippen LogP contribution in [0.1, 0.15) is 23.2 Å². The maximum atomic E-state index is 5.59. The van der Waals surface area contributed by atoms with Crippen molar-refractivity contribution in [3.05, 3.63) is 70.9 Å². The summed E-state index contributed by atoms with van der Waals surface area (Å²) < 4.78 is 5.59. The van der Waals surface area contributed by atoms with Crippen LogP contribution in [0.4, 0.5) is 5.82 Å². The van der Waals surface area contributed by atoms with Crippen molar-refractivity contribution in [2.75, 3.05) is 11.9 Å². The van der Waals surface area contributed by atoms with Crippen LogP contribution in [0.5, 0.6) is 5.75 Å². The third-order valence-electron chi connectivity index (χ3n) is 4.60. The zero-order valence-electron chi connectivity index (χ0n) is 16.3. The minimum Gasteiger partial charge on any atom is -0.494 e. The van der Waals surface area contributed by atoms with Gasteiger partial charge in [-0.25, -0.2) is 9.97 Å². The van der Waals surface area contributed by atoms with Gasteiger partial charge in [-0.05, 0) is 44.0 Å². The van der Waals surface area contributed by atoms with E-state index in [0.717, 1.165) is 39.7 Å². The summed E-state index contributed by atoms with van der Waals surface area (Å²) in [6.45, 7) is 7.48. The van der Waals surface area contributed by atoms with E-state index in [2.05, 4.69) is 53.6 Å². The van der Waals surface area contributed by atoms with Crippen molar-refractivity contribution >= 4 is 27.4 Å². The van der Waals surface area contributed by atoms with Gasteiger partial charge in [-0.2, -0.15) is 0 Å². The Labute approximate surface area is 169 Å². The average Bonchev–Trinajstić information content (AvgIpc) is 3.03. The number of nitrogens with zero attached hydrogens (tertiary/aromatic N) is 2.